The van der Waals surface area contributed by atoms with Gasteiger partial charge < -0.3 is 5.32 Å². The highest BCUT2D eigenvalue weighted by molar-refractivity contribution is 9.10. The number of anilines is 1. The zero-order valence-corrected chi connectivity index (χ0v) is 12.8. The summed E-state index contributed by atoms with van der Waals surface area (Å²) in [6, 6.07) is 4.70. The van der Waals surface area contributed by atoms with E-state index in [0.29, 0.717) is 11.3 Å². The Bertz CT molecular complexity index is 629. The molecule has 0 fully saturated rings. The summed E-state index contributed by atoms with van der Waals surface area (Å²) in [6.07, 6.45) is 1.55. The molecule has 2 aromatic rings. The number of carbonyl (C=O) groups excluding carboxylic acids is 1. The fraction of sp³-hybridized carbons (Fsp3) is 0.0833. The SMILES string of the molecule is Cc1cc(NC(=O)c2cc(Cl)nc(Cl)c2)cnc1Br. The number of pyridine rings is 2. The van der Waals surface area contributed by atoms with Crippen molar-refractivity contribution in [1.29, 1.82) is 0 Å². The molecule has 2 aromatic heterocycles. The van der Waals surface area contributed by atoms with Gasteiger partial charge in [0, 0.05) is 5.56 Å². The maximum Gasteiger partial charge on any atom is 0.255 e. The molecule has 98 valence electrons. The molecule has 4 nitrogen and oxygen atoms in total. The van der Waals surface area contributed by atoms with Crippen molar-refractivity contribution in [2.45, 2.75) is 6.92 Å². The lowest BCUT2D eigenvalue weighted by molar-refractivity contribution is 0.102. The highest BCUT2D eigenvalue weighted by atomic mass is 79.9. The summed E-state index contributed by atoms with van der Waals surface area (Å²) in [4.78, 5) is 19.9. The highest BCUT2D eigenvalue weighted by Gasteiger charge is 2.10. The molecule has 0 radical (unpaired) electrons. The molecule has 0 saturated carbocycles. The Morgan fingerprint density at radius 3 is 2.47 bits per heavy atom. The van der Waals surface area contributed by atoms with Gasteiger partial charge in [-0.1, -0.05) is 23.2 Å². The van der Waals surface area contributed by atoms with E-state index in [4.69, 9.17) is 23.2 Å². The van der Waals surface area contributed by atoms with Gasteiger partial charge >= 0.3 is 0 Å². The van der Waals surface area contributed by atoms with Crippen LogP contribution in [0.15, 0.2) is 29.0 Å². The van der Waals surface area contributed by atoms with E-state index in [0.717, 1.165) is 10.2 Å². The number of nitrogens with zero attached hydrogens (tertiary/aromatic N) is 2. The second kappa shape index (κ2) is 5.86. The van der Waals surface area contributed by atoms with Crippen molar-refractivity contribution in [3.63, 3.8) is 0 Å². The van der Waals surface area contributed by atoms with E-state index in [9.17, 15) is 4.79 Å². The van der Waals surface area contributed by atoms with Gasteiger partial charge in [-0.05, 0) is 46.6 Å². The van der Waals surface area contributed by atoms with Gasteiger partial charge in [0.1, 0.15) is 14.9 Å². The van der Waals surface area contributed by atoms with Crippen LogP contribution in [0.25, 0.3) is 0 Å². The number of halogens is 3. The third-order valence-electron chi connectivity index (χ3n) is 2.30. The topological polar surface area (TPSA) is 54.9 Å². The lowest BCUT2D eigenvalue weighted by Gasteiger charge is -2.07. The van der Waals surface area contributed by atoms with Crippen LogP contribution in [-0.2, 0) is 0 Å². The Balaban J connectivity index is 2.22. The standard InChI is InChI=1S/C12H8BrCl2N3O/c1-6-2-8(5-16-11(6)13)17-12(19)7-3-9(14)18-10(15)4-7/h2-5H,1H3,(H,17,19). The first-order valence-electron chi connectivity index (χ1n) is 5.22. The van der Waals surface area contributed by atoms with Gasteiger partial charge in [0.2, 0.25) is 0 Å². The fourth-order valence-corrected chi connectivity index (χ4v) is 2.10. The fourth-order valence-electron chi connectivity index (χ4n) is 1.43. The van der Waals surface area contributed by atoms with Crippen molar-refractivity contribution in [2.75, 3.05) is 5.32 Å². The van der Waals surface area contributed by atoms with E-state index >= 15 is 0 Å². The van der Waals surface area contributed by atoms with Gasteiger partial charge in [-0.2, -0.15) is 0 Å². The van der Waals surface area contributed by atoms with Crippen molar-refractivity contribution in [2.24, 2.45) is 0 Å². The number of amides is 1. The largest absolute Gasteiger partial charge is 0.321 e. The molecule has 0 unspecified atom stereocenters. The Morgan fingerprint density at radius 1 is 1.26 bits per heavy atom. The molecule has 0 bridgehead atoms. The van der Waals surface area contributed by atoms with Gasteiger partial charge in [-0.15, -0.1) is 0 Å². The van der Waals surface area contributed by atoms with Gasteiger partial charge in [0.25, 0.3) is 5.91 Å². The molecule has 0 saturated heterocycles. The number of carbonyl (C=O) groups is 1. The second-order valence-electron chi connectivity index (χ2n) is 3.79. The number of nitrogens with one attached hydrogen (secondary N) is 1. The summed E-state index contributed by atoms with van der Waals surface area (Å²) >= 11 is 14.8. The average molecular weight is 361 g/mol. The van der Waals surface area contributed by atoms with E-state index in [-0.39, 0.29) is 16.2 Å². The maximum atomic E-state index is 12.0. The van der Waals surface area contributed by atoms with Crippen molar-refractivity contribution in [3.05, 3.63) is 50.4 Å². The first-order valence-corrected chi connectivity index (χ1v) is 6.77. The first kappa shape index (κ1) is 14.2. The van der Waals surface area contributed by atoms with Gasteiger partial charge in [-0.25, -0.2) is 9.97 Å². The van der Waals surface area contributed by atoms with Crippen LogP contribution in [0.2, 0.25) is 10.3 Å². The van der Waals surface area contributed by atoms with Gasteiger partial charge in [0.05, 0.1) is 11.9 Å². The minimum Gasteiger partial charge on any atom is -0.321 e. The van der Waals surface area contributed by atoms with Crippen LogP contribution < -0.4 is 5.32 Å². The molecular formula is C12H8BrCl2N3O. The molecule has 2 rings (SSSR count). The van der Waals surface area contributed by atoms with Gasteiger partial charge in [-0.3, -0.25) is 4.79 Å². The van der Waals surface area contributed by atoms with E-state index < -0.39 is 0 Å². The molecule has 0 aromatic carbocycles. The van der Waals surface area contributed by atoms with Crippen LogP contribution in [0.4, 0.5) is 5.69 Å². The number of hydrogen-bond acceptors (Lipinski definition) is 3. The Labute approximate surface area is 128 Å². The van der Waals surface area contributed by atoms with E-state index in [1.807, 2.05) is 6.92 Å². The normalized spacial score (nSPS) is 10.3. The van der Waals surface area contributed by atoms with Crippen LogP contribution in [0, 0.1) is 6.92 Å². The molecule has 2 heterocycles. The molecule has 0 atom stereocenters. The summed E-state index contributed by atoms with van der Waals surface area (Å²) in [5.74, 6) is -0.324. The Morgan fingerprint density at radius 2 is 1.89 bits per heavy atom. The molecular weight excluding hydrogens is 353 g/mol. The third-order valence-corrected chi connectivity index (χ3v) is 3.51. The summed E-state index contributed by atoms with van der Waals surface area (Å²) in [5.41, 5.74) is 1.85. The Kier molecular flexibility index (Phi) is 4.39. The summed E-state index contributed by atoms with van der Waals surface area (Å²) in [7, 11) is 0. The van der Waals surface area contributed by atoms with E-state index in [1.165, 1.54) is 12.1 Å². The lowest BCUT2D eigenvalue weighted by Crippen LogP contribution is -2.12. The number of aromatic nitrogens is 2. The van der Waals surface area contributed by atoms with Gasteiger partial charge in [0.15, 0.2) is 0 Å². The van der Waals surface area contributed by atoms with Crippen LogP contribution >= 0.6 is 39.1 Å². The van der Waals surface area contributed by atoms with Crippen molar-refractivity contribution in [3.8, 4) is 0 Å². The average Bonchev–Trinajstić information content (AvgIpc) is 2.32. The minimum absolute atomic E-state index is 0.169. The number of rotatable bonds is 2. The zero-order chi connectivity index (χ0) is 14.0. The summed E-state index contributed by atoms with van der Waals surface area (Å²) < 4.78 is 0.737. The predicted octanol–water partition coefficient (Wildman–Crippen LogP) is 4.11. The minimum atomic E-state index is -0.324. The van der Waals surface area contributed by atoms with Crippen molar-refractivity contribution < 1.29 is 4.79 Å². The van der Waals surface area contributed by atoms with Crippen LogP contribution in [0.3, 0.4) is 0 Å². The third kappa shape index (κ3) is 3.65. The Hall–Kier alpha value is -1.17. The molecule has 19 heavy (non-hydrogen) atoms. The molecule has 0 aliphatic heterocycles. The molecule has 1 N–H and O–H groups in total. The molecule has 0 spiro atoms. The summed E-state index contributed by atoms with van der Waals surface area (Å²) in [6.45, 7) is 1.88. The maximum absolute atomic E-state index is 12.0. The zero-order valence-electron chi connectivity index (χ0n) is 9.75. The van der Waals surface area contributed by atoms with Crippen LogP contribution in [0.1, 0.15) is 15.9 Å². The van der Waals surface area contributed by atoms with E-state index in [1.54, 1.807) is 12.3 Å². The molecule has 7 heteroatoms. The van der Waals surface area contributed by atoms with Crippen LogP contribution in [-0.4, -0.2) is 15.9 Å². The summed E-state index contributed by atoms with van der Waals surface area (Å²) in [5, 5.41) is 3.05. The molecule has 0 aliphatic rings. The number of aryl methyl sites for hydroxylation is 1. The highest BCUT2D eigenvalue weighted by Crippen LogP contribution is 2.19. The quantitative estimate of drug-likeness (QED) is 0.820. The van der Waals surface area contributed by atoms with Crippen LogP contribution in [0.5, 0.6) is 0 Å². The predicted molar refractivity (Wildman–Crippen MR) is 78.9 cm³/mol. The second-order valence-corrected chi connectivity index (χ2v) is 5.31. The molecule has 1 amide bonds. The van der Waals surface area contributed by atoms with Crippen molar-refractivity contribution in [1.82, 2.24) is 9.97 Å². The van der Waals surface area contributed by atoms with Crippen molar-refractivity contribution >= 4 is 50.7 Å². The lowest BCUT2D eigenvalue weighted by atomic mass is 10.2. The molecule has 0 aliphatic carbocycles. The van der Waals surface area contributed by atoms with E-state index in [2.05, 4.69) is 31.2 Å². The number of hydrogen-bond donors (Lipinski definition) is 1. The smallest absolute Gasteiger partial charge is 0.255 e. The monoisotopic (exact) mass is 359 g/mol. The first-order chi connectivity index (χ1) is 8.95.